The average Bonchev–Trinajstić information content (AvgIpc) is 2.53. The first-order valence-electron chi connectivity index (χ1n) is 6.96. The minimum absolute atomic E-state index is 0.696. The van der Waals surface area contributed by atoms with E-state index in [1.807, 2.05) is 49.4 Å². The number of hydrogen-bond donors (Lipinski definition) is 1. The lowest BCUT2D eigenvalue weighted by Crippen LogP contribution is -2.05. The highest BCUT2D eigenvalue weighted by atomic mass is 79.9. The number of aromatic nitrogens is 2. The van der Waals surface area contributed by atoms with Gasteiger partial charge in [0.2, 0.25) is 0 Å². The maximum Gasteiger partial charge on any atom is 0.148 e. The topological polar surface area (TPSA) is 47.0 Å². The molecule has 0 bridgehead atoms. The molecule has 1 aromatic heterocycles. The normalized spacial score (nSPS) is 10.7. The van der Waals surface area contributed by atoms with Crippen LogP contribution in [-0.2, 0) is 6.54 Å². The molecule has 22 heavy (non-hydrogen) atoms. The molecule has 1 N–H and O–H groups in total. The first kappa shape index (κ1) is 14.8. The minimum atomic E-state index is 0.696. The van der Waals surface area contributed by atoms with Crippen molar-refractivity contribution in [2.45, 2.75) is 13.5 Å². The summed E-state index contributed by atoms with van der Waals surface area (Å²) in [7, 11) is 1.67. The molecule has 0 aliphatic heterocycles. The zero-order valence-corrected chi connectivity index (χ0v) is 14.0. The van der Waals surface area contributed by atoms with Gasteiger partial charge in [0, 0.05) is 11.0 Å². The molecule has 2 aromatic carbocycles. The van der Waals surface area contributed by atoms with E-state index >= 15 is 0 Å². The van der Waals surface area contributed by atoms with Crippen LogP contribution in [0.25, 0.3) is 11.0 Å². The minimum Gasteiger partial charge on any atom is -0.497 e. The second kappa shape index (κ2) is 6.32. The highest BCUT2D eigenvalue weighted by Gasteiger charge is 2.05. The van der Waals surface area contributed by atoms with Crippen LogP contribution in [-0.4, -0.2) is 17.1 Å². The molecule has 0 unspecified atom stereocenters. The van der Waals surface area contributed by atoms with E-state index in [-0.39, 0.29) is 0 Å². The Hall–Kier alpha value is -2.14. The van der Waals surface area contributed by atoms with Gasteiger partial charge >= 0.3 is 0 Å². The Morgan fingerprint density at radius 3 is 2.55 bits per heavy atom. The summed E-state index contributed by atoms with van der Waals surface area (Å²) in [5.41, 5.74) is 3.82. The lowest BCUT2D eigenvalue weighted by Gasteiger charge is -2.10. The van der Waals surface area contributed by atoms with Crippen molar-refractivity contribution in [3.8, 4) is 5.75 Å². The molecule has 0 fully saturated rings. The molecule has 0 saturated carbocycles. The smallest absolute Gasteiger partial charge is 0.148 e. The molecule has 0 saturated heterocycles. The molecule has 3 aromatic rings. The zero-order valence-electron chi connectivity index (χ0n) is 12.4. The molecule has 0 aliphatic carbocycles. The van der Waals surface area contributed by atoms with E-state index in [2.05, 4.69) is 31.2 Å². The van der Waals surface area contributed by atoms with E-state index in [1.54, 1.807) is 7.11 Å². The molecule has 0 atom stereocenters. The van der Waals surface area contributed by atoms with Gasteiger partial charge in [0.25, 0.3) is 0 Å². The van der Waals surface area contributed by atoms with Crippen molar-refractivity contribution in [2.24, 2.45) is 0 Å². The number of methoxy groups -OCH3 is 1. The zero-order chi connectivity index (χ0) is 15.5. The third kappa shape index (κ3) is 3.20. The third-order valence-electron chi connectivity index (χ3n) is 3.42. The van der Waals surface area contributed by atoms with Crippen LogP contribution in [0.1, 0.15) is 11.3 Å². The fraction of sp³-hybridized carbons (Fsp3) is 0.176. The number of benzene rings is 2. The molecule has 112 valence electrons. The highest BCUT2D eigenvalue weighted by Crippen LogP contribution is 2.21. The van der Waals surface area contributed by atoms with E-state index < -0.39 is 0 Å². The number of fused-ring (bicyclic) bond motifs is 1. The number of anilines is 1. The monoisotopic (exact) mass is 357 g/mol. The van der Waals surface area contributed by atoms with Crippen LogP contribution in [0.15, 0.2) is 46.9 Å². The van der Waals surface area contributed by atoms with Crippen molar-refractivity contribution >= 4 is 32.8 Å². The molecule has 3 rings (SSSR count). The Kier molecular flexibility index (Phi) is 4.24. The summed E-state index contributed by atoms with van der Waals surface area (Å²) >= 11 is 3.45. The maximum atomic E-state index is 5.16. The van der Waals surface area contributed by atoms with Crippen LogP contribution in [0.3, 0.4) is 0 Å². The Bertz CT molecular complexity index is 803. The largest absolute Gasteiger partial charge is 0.497 e. The average molecular weight is 358 g/mol. The van der Waals surface area contributed by atoms with Crippen LogP contribution in [0.5, 0.6) is 5.75 Å². The standard InChI is InChI=1S/C17H16BrN3O/c1-11-17(19-10-12-3-6-14(22-2)7-4-12)21-15-8-5-13(18)9-16(15)20-11/h3-9H,10H2,1-2H3,(H,19,21). The van der Waals surface area contributed by atoms with Crippen molar-refractivity contribution in [1.82, 2.24) is 9.97 Å². The Morgan fingerprint density at radius 2 is 1.82 bits per heavy atom. The predicted octanol–water partition coefficient (Wildman–Crippen LogP) is 4.32. The van der Waals surface area contributed by atoms with Crippen LogP contribution in [0.4, 0.5) is 5.82 Å². The summed E-state index contributed by atoms with van der Waals surface area (Å²) in [6.45, 7) is 2.66. The van der Waals surface area contributed by atoms with E-state index in [1.165, 1.54) is 0 Å². The quantitative estimate of drug-likeness (QED) is 0.755. The summed E-state index contributed by atoms with van der Waals surface area (Å²) in [5.74, 6) is 1.67. The first-order chi connectivity index (χ1) is 10.7. The number of nitrogens with zero attached hydrogens (tertiary/aromatic N) is 2. The number of hydrogen-bond acceptors (Lipinski definition) is 4. The lowest BCUT2D eigenvalue weighted by molar-refractivity contribution is 0.414. The third-order valence-corrected chi connectivity index (χ3v) is 3.91. The Morgan fingerprint density at radius 1 is 1.05 bits per heavy atom. The van der Waals surface area contributed by atoms with Crippen LogP contribution >= 0.6 is 15.9 Å². The van der Waals surface area contributed by atoms with Gasteiger partial charge in [-0.2, -0.15) is 0 Å². The van der Waals surface area contributed by atoms with Crippen LogP contribution < -0.4 is 10.1 Å². The number of aryl methyl sites for hydroxylation is 1. The van der Waals surface area contributed by atoms with Crippen molar-refractivity contribution < 1.29 is 4.74 Å². The summed E-state index contributed by atoms with van der Waals surface area (Å²) in [5, 5.41) is 3.35. The van der Waals surface area contributed by atoms with E-state index in [9.17, 15) is 0 Å². The second-order valence-corrected chi connectivity index (χ2v) is 5.91. The van der Waals surface area contributed by atoms with Crippen molar-refractivity contribution in [3.05, 3.63) is 58.2 Å². The molecular formula is C17H16BrN3O. The van der Waals surface area contributed by atoms with Gasteiger partial charge in [-0.1, -0.05) is 28.1 Å². The highest BCUT2D eigenvalue weighted by molar-refractivity contribution is 9.10. The lowest BCUT2D eigenvalue weighted by atomic mass is 10.2. The van der Waals surface area contributed by atoms with Crippen molar-refractivity contribution in [3.63, 3.8) is 0 Å². The summed E-state index contributed by atoms with van der Waals surface area (Å²) in [4.78, 5) is 9.25. The van der Waals surface area contributed by atoms with Crippen molar-refractivity contribution in [2.75, 3.05) is 12.4 Å². The van der Waals surface area contributed by atoms with Gasteiger partial charge in [0.05, 0.1) is 23.8 Å². The number of ether oxygens (including phenoxy) is 1. The number of nitrogens with one attached hydrogen (secondary N) is 1. The molecule has 1 heterocycles. The van der Waals surface area contributed by atoms with Gasteiger partial charge in [-0.15, -0.1) is 0 Å². The van der Waals surface area contributed by atoms with Gasteiger partial charge < -0.3 is 10.1 Å². The molecule has 0 amide bonds. The summed E-state index contributed by atoms with van der Waals surface area (Å²) in [6, 6.07) is 13.9. The van der Waals surface area contributed by atoms with Gasteiger partial charge in [-0.3, -0.25) is 0 Å². The fourth-order valence-corrected chi connectivity index (χ4v) is 2.56. The van der Waals surface area contributed by atoms with Gasteiger partial charge in [-0.05, 0) is 42.8 Å². The molecule has 5 heteroatoms. The number of rotatable bonds is 4. The summed E-state index contributed by atoms with van der Waals surface area (Å²) in [6.07, 6.45) is 0. The first-order valence-corrected chi connectivity index (χ1v) is 7.76. The second-order valence-electron chi connectivity index (χ2n) is 4.99. The molecule has 4 nitrogen and oxygen atoms in total. The van der Waals surface area contributed by atoms with Gasteiger partial charge in [-0.25, -0.2) is 9.97 Å². The van der Waals surface area contributed by atoms with Gasteiger partial charge in [0.15, 0.2) is 0 Å². The maximum absolute atomic E-state index is 5.16. The molecule has 0 radical (unpaired) electrons. The van der Waals surface area contributed by atoms with Crippen LogP contribution in [0.2, 0.25) is 0 Å². The van der Waals surface area contributed by atoms with Crippen LogP contribution in [0, 0.1) is 6.92 Å². The summed E-state index contributed by atoms with van der Waals surface area (Å²) < 4.78 is 6.17. The van der Waals surface area contributed by atoms with Crippen molar-refractivity contribution in [1.29, 1.82) is 0 Å². The van der Waals surface area contributed by atoms with E-state index in [0.29, 0.717) is 6.54 Å². The predicted molar refractivity (Wildman–Crippen MR) is 92.3 cm³/mol. The number of halogens is 1. The molecule has 0 aliphatic rings. The molecular weight excluding hydrogens is 342 g/mol. The Balaban J connectivity index is 1.80. The van der Waals surface area contributed by atoms with Gasteiger partial charge in [0.1, 0.15) is 11.6 Å². The van der Waals surface area contributed by atoms with E-state index in [4.69, 9.17) is 4.74 Å². The molecule has 0 spiro atoms. The Labute approximate surface area is 137 Å². The SMILES string of the molecule is COc1ccc(CNc2nc3ccc(Br)cc3nc2C)cc1. The fourth-order valence-electron chi connectivity index (χ4n) is 2.21. The van der Waals surface area contributed by atoms with E-state index in [0.717, 1.165) is 38.3 Å².